The van der Waals surface area contributed by atoms with Gasteiger partial charge in [-0.1, -0.05) is 25.4 Å². The van der Waals surface area contributed by atoms with Gasteiger partial charge in [-0.3, -0.25) is 18.9 Å². The molecule has 0 aliphatic carbocycles. The Labute approximate surface area is 258 Å². The number of pyridine rings is 1. The number of sulfonamides is 1. The molecule has 2 N–H and O–H groups in total. The molecule has 2 aliphatic heterocycles. The average molecular weight is 675 g/mol. The summed E-state index contributed by atoms with van der Waals surface area (Å²) in [6, 6.07) is 6.70. The molecule has 44 heavy (non-hydrogen) atoms. The molecular formula is C29H28ClF5N4O3S2. The summed E-state index contributed by atoms with van der Waals surface area (Å²) < 4.78 is 106. The quantitative estimate of drug-likeness (QED) is 0.288. The molecule has 15 heteroatoms. The van der Waals surface area contributed by atoms with Gasteiger partial charge >= 0.3 is 6.18 Å². The van der Waals surface area contributed by atoms with E-state index < -0.39 is 68.0 Å². The Hall–Kier alpha value is -3.10. The molecule has 2 aliphatic rings. The van der Waals surface area contributed by atoms with Crippen molar-refractivity contribution in [1.29, 1.82) is 4.78 Å². The van der Waals surface area contributed by atoms with E-state index in [2.05, 4.69) is 10.3 Å². The van der Waals surface area contributed by atoms with E-state index in [1.165, 1.54) is 10.4 Å². The first kappa shape index (κ1) is 32.3. The predicted octanol–water partition coefficient (Wildman–Crippen LogP) is 6.61. The lowest BCUT2D eigenvalue weighted by Crippen LogP contribution is -2.52. The van der Waals surface area contributed by atoms with Crippen molar-refractivity contribution in [2.45, 2.75) is 55.8 Å². The highest BCUT2D eigenvalue weighted by molar-refractivity contribution is 7.93. The fourth-order valence-corrected chi connectivity index (χ4v) is 9.69. The van der Waals surface area contributed by atoms with Gasteiger partial charge in [0.25, 0.3) is 15.9 Å². The van der Waals surface area contributed by atoms with Crippen LogP contribution in [-0.4, -0.2) is 36.9 Å². The number of nitrogens with one attached hydrogen (secondary N) is 2. The summed E-state index contributed by atoms with van der Waals surface area (Å²) in [5, 5.41) is 2.12. The number of fused-ring (bicyclic) bond motifs is 2. The minimum atomic E-state index is -4.66. The summed E-state index contributed by atoms with van der Waals surface area (Å²) in [7, 11) is -4.96. The maximum Gasteiger partial charge on any atom is 0.417 e. The van der Waals surface area contributed by atoms with E-state index in [-0.39, 0.29) is 32.8 Å². The number of hydrogen-bond donors (Lipinski definition) is 2. The highest BCUT2D eigenvalue weighted by Crippen LogP contribution is 2.55. The zero-order chi connectivity index (χ0) is 32.2. The van der Waals surface area contributed by atoms with Gasteiger partial charge in [0.1, 0.15) is 11.6 Å². The van der Waals surface area contributed by atoms with E-state index in [0.29, 0.717) is 42.2 Å². The first-order valence-electron chi connectivity index (χ1n) is 13.6. The first-order valence-corrected chi connectivity index (χ1v) is 17.0. The molecule has 0 saturated carbocycles. The Balaban J connectivity index is 1.57. The molecule has 236 valence electrons. The van der Waals surface area contributed by atoms with Gasteiger partial charge in [-0.25, -0.2) is 17.2 Å². The van der Waals surface area contributed by atoms with Crippen LogP contribution in [0.4, 0.5) is 27.6 Å². The van der Waals surface area contributed by atoms with E-state index in [9.17, 15) is 30.8 Å². The molecule has 1 fully saturated rings. The van der Waals surface area contributed by atoms with Crippen molar-refractivity contribution in [3.8, 4) is 0 Å². The number of carbonyl (C=O) groups excluding carboxylic acids is 1. The van der Waals surface area contributed by atoms with Gasteiger partial charge in [-0.05, 0) is 66.8 Å². The maximum atomic E-state index is 15.7. The number of halogens is 6. The number of aromatic nitrogens is 1. The van der Waals surface area contributed by atoms with Crippen LogP contribution in [0, 0.1) is 22.3 Å². The van der Waals surface area contributed by atoms with Gasteiger partial charge < -0.3 is 5.32 Å². The third-order valence-electron chi connectivity index (χ3n) is 8.17. The molecule has 7 nitrogen and oxygen atoms in total. The highest BCUT2D eigenvalue weighted by Gasteiger charge is 2.56. The topological polar surface area (TPSA) is 103 Å². The van der Waals surface area contributed by atoms with Crippen molar-refractivity contribution in [2.75, 3.05) is 15.8 Å². The Morgan fingerprint density at radius 2 is 1.80 bits per heavy atom. The van der Waals surface area contributed by atoms with Crippen molar-refractivity contribution in [3.05, 3.63) is 87.7 Å². The second-order valence-electron chi connectivity index (χ2n) is 11.2. The number of anilines is 1. The van der Waals surface area contributed by atoms with Crippen molar-refractivity contribution in [3.63, 3.8) is 0 Å². The summed E-state index contributed by atoms with van der Waals surface area (Å²) in [4.78, 5) is 16.8. The van der Waals surface area contributed by atoms with Crippen LogP contribution in [-0.2, 0) is 38.9 Å². The molecule has 1 saturated heterocycles. The Morgan fingerprint density at radius 3 is 2.36 bits per heavy atom. The summed E-state index contributed by atoms with van der Waals surface area (Å²) >= 11 is 5.96. The molecule has 1 atom stereocenters. The number of alkyl halides is 3. The first-order chi connectivity index (χ1) is 20.6. The van der Waals surface area contributed by atoms with Crippen molar-refractivity contribution < 1.29 is 35.2 Å². The summed E-state index contributed by atoms with van der Waals surface area (Å²) in [5.41, 5.74) is -1.81. The van der Waals surface area contributed by atoms with Crippen LogP contribution < -0.4 is 9.62 Å². The van der Waals surface area contributed by atoms with Crippen LogP contribution >= 0.6 is 11.6 Å². The molecule has 0 bridgehead atoms. The largest absolute Gasteiger partial charge is 0.417 e. The number of rotatable bonds is 6. The lowest BCUT2D eigenvalue weighted by Gasteiger charge is -2.44. The van der Waals surface area contributed by atoms with Gasteiger partial charge in [0.2, 0.25) is 0 Å². The second kappa shape index (κ2) is 11.7. The fourth-order valence-electron chi connectivity index (χ4n) is 6.17. The molecule has 1 unspecified atom stereocenters. The molecule has 2 aromatic carbocycles. The van der Waals surface area contributed by atoms with Crippen molar-refractivity contribution in [1.82, 2.24) is 10.3 Å². The van der Waals surface area contributed by atoms with Crippen LogP contribution in [0.1, 0.15) is 53.9 Å². The minimum Gasteiger partial charge on any atom is -0.346 e. The van der Waals surface area contributed by atoms with Crippen LogP contribution in [0.15, 0.2) is 53.6 Å². The Kier molecular flexibility index (Phi) is 8.57. The van der Waals surface area contributed by atoms with E-state index in [4.69, 9.17) is 16.4 Å². The van der Waals surface area contributed by atoms with E-state index >= 15 is 4.39 Å². The minimum absolute atomic E-state index is 0.0581. The third-order valence-corrected chi connectivity index (χ3v) is 11.7. The Bertz CT molecular complexity index is 1740. The maximum absolute atomic E-state index is 15.7. The van der Waals surface area contributed by atoms with Crippen LogP contribution in [0.5, 0.6) is 0 Å². The van der Waals surface area contributed by atoms with Crippen molar-refractivity contribution >= 4 is 43.9 Å². The van der Waals surface area contributed by atoms with Crippen LogP contribution in [0.25, 0.3) is 0 Å². The SMILES string of the molecule is CC(C)C1N(S(=O)(=O)c2ccc(F)cc2)c2cc(F)c(C(=O)NCc3ncc(C(F)(F)F)cc3Cl)cc2C12CCS(=N)CC2. The van der Waals surface area contributed by atoms with E-state index in [1.807, 2.05) is 13.8 Å². The summed E-state index contributed by atoms with van der Waals surface area (Å²) in [5.74, 6) is -1.81. The summed E-state index contributed by atoms with van der Waals surface area (Å²) in [6.07, 6.45) is -3.21. The van der Waals surface area contributed by atoms with Crippen LogP contribution in [0.3, 0.4) is 0 Å². The van der Waals surface area contributed by atoms with Gasteiger partial charge in [0, 0.05) is 23.1 Å². The highest BCUT2D eigenvalue weighted by atomic mass is 35.5. The molecule has 3 heterocycles. The van der Waals surface area contributed by atoms with Crippen molar-refractivity contribution in [2.24, 2.45) is 5.92 Å². The second-order valence-corrected chi connectivity index (χ2v) is 15.2. The lowest BCUT2D eigenvalue weighted by atomic mass is 9.68. The zero-order valence-corrected chi connectivity index (χ0v) is 25.9. The van der Waals surface area contributed by atoms with E-state index in [0.717, 1.165) is 30.3 Å². The molecule has 0 radical (unpaired) electrons. The monoisotopic (exact) mass is 674 g/mol. The Morgan fingerprint density at radius 1 is 1.16 bits per heavy atom. The number of carbonyl (C=O) groups is 1. The fraction of sp³-hybridized carbons (Fsp3) is 0.379. The number of benzene rings is 2. The molecule has 3 aromatic rings. The van der Waals surface area contributed by atoms with Gasteiger partial charge in [-0.2, -0.15) is 13.2 Å². The number of amides is 1. The molecule has 5 rings (SSSR count). The summed E-state index contributed by atoms with van der Waals surface area (Å²) in [6.45, 7) is 3.31. The van der Waals surface area contributed by atoms with E-state index in [1.54, 1.807) is 0 Å². The number of nitrogens with zero attached hydrogens (tertiary/aromatic N) is 2. The lowest BCUT2D eigenvalue weighted by molar-refractivity contribution is -0.137. The molecule has 1 amide bonds. The van der Waals surface area contributed by atoms with Gasteiger partial charge in [0.15, 0.2) is 0 Å². The molecular weight excluding hydrogens is 647 g/mol. The third kappa shape index (κ3) is 5.71. The van der Waals surface area contributed by atoms with Gasteiger partial charge in [0.05, 0.1) is 45.0 Å². The molecule has 1 spiro atoms. The standard InChI is InChI=1S/C29H28ClF5N4O3S2/c1-16(2)26-28(7-9-43(36)10-8-28)21-12-20(27(40)38-15-24-22(30)11-17(14-37-24)29(33,34)35)23(32)13-25(21)39(26)44(41,42)19-5-3-18(31)4-6-19/h3-6,11-14,16,26,36H,7-10,15H2,1-2H3,(H,38,40). The smallest absolute Gasteiger partial charge is 0.346 e. The zero-order valence-electron chi connectivity index (χ0n) is 23.5. The average Bonchev–Trinajstić information content (AvgIpc) is 3.22. The van der Waals surface area contributed by atoms with Gasteiger partial charge in [-0.15, -0.1) is 10.7 Å². The van der Waals surface area contributed by atoms with Crippen LogP contribution in [0.2, 0.25) is 5.02 Å². The predicted molar refractivity (Wildman–Crippen MR) is 157 cm³/mol. The number of hydrogen-bond acceptors (Lipinski definition) is 5. The normalized spacial score (nSPS) is 22.0. The molecule has 1 aromatic heterocycles.